The van der Waals surface area contributed by atoms with Crippen molar-refractivity contribution in [2.24, 2.45) is 22.5 Å². The smallest absolute Gasteiger partial charge is 0.342 e. The predicted molar refractivity (Wildman–Crippen MR) is 310 cm³/mol. The van der Waals surface area contributed by atoms with E-state index in [4.69, 9.17) is 19.9 Å². The van der Waals surface area contributed by atoms with Crippen LogP contribution in [0.15, 0.2) is 60.8 Å². The molecule has 15 aliphatic rings. The van der Waals surface area contributed by atoms with E-state index in [0.29, 0.717) is 36.0 Å². The first-order valence-corrected chi connectivity index (χ1v) is 29.3. The van der Waals surface area contributed by atoms with E-state index in [1.54, 1.807) is 45.0 Å². The molecule has 10 bridgehead atoms. The highest BCUT2D eigenvalue weighted by Gasteiger charge is 2.74. The normalized spacial score (nSPS) is 34.8. The van der Waals surface area contributed by atoms with Crippen molar-refractivity contribution in [2.75, 3.05) is 0 Å². The maximum absolute atomic E-state index is 12.5. The highest BCUT2D eigenvalue weighted by molar-refractivity contribution is 5.94. The van der Waals surface area contributed by atoms with Gasteiger partial charge in [0.05, 0.1) is 17.0 Å². The van der Waals surface area contributed by atoms with Gasteiger partial charge in [0.1, 0.15) is 22.5 Å². The molecule has 0 radical (unpaired) electrons. The Labute approximate surface area is 484 Å². The number of nitrogens with one attached hydrogen (secondary N) is 6. The van der Waals surface area contributed by atoms with Gasteiger partial charge in [0.15, 0.2) is 0 Å². The van der Waals surface area contributed by atoms with Gasteiger partial charge in [0.25, 0.3) is 0 Å². The molecule has 2 aromatic carbocycles. The zero-order chi connectivity index (χ0) is 60.5. The molecule has 0 saturated heterocycles. The molecule has 8 N–H and O–H groups in total. The number of carbonyl (C=O) groups excluding carboxylic acids is 8. The number of esters is 3. The zero-order valence-electron chi connectivity index (χ0n) is 50.9. The number of rotatable bonds is 15. The third-order valence-corrected chi connectivity index (χ3v) is 18.8. The van der Waals surface area contributed by atoms with Crippen molar-refractivity contribution in [3.05, 3.63) is 77.5 Å². The van der Waals surface area contributed by atoms with E-state index in [-0.39, 0.29) is 97.1 Å². The van der Waals surface area contributed by atoms with E-state index in [9.17, 15) is 38.4 Å². The second-order valence-corrected chi connectivity index (χ2v) is 28.9. The number of para-hydroxylation sites is 1. The first kappa shape index (κ1) is 61.8. The number of allylic oxidation sites excluding steroid dienone is 1. The van der Waals surface area contributed by atoms with Gasteiger partial charge < -0.3 is 51.8 Å². The molecule has 1 atom stereocenters. The Balaban J connectivity index is 0.000000139. The molecular formula is C64H91N7O11. The highest BCUT2D eigenvalue weighted by atomic mass is 16.6. The lowest BCUT2D eigenvalue weighted by Crippen LogP contribution is -2.82. The van der Waals surface area contributed by atoms with E-state index < -0.39 is 17.5 Å². The van der Waals surface area contributed by atoms with Crippen LogP contribution in [0.1, 0.15) is 214 Å². The molecule has 5 amide bonds. The molecule has 0 aliphatic heterocycles. The summed E-state index contributed by atoms with van der Waals surface area (Å²) in [6.45, 7) is 28.1. The standard InChI is InChI=1S/C20H27NO3.C16H17NO5.C11H19NO.C10H16N2O.C7H12N2O/c1-13(2)9-16-5-7-17(8-6-16)14(3)18(23)24-20-10-19(11-20,12-20)21-15(4)22;1-10(18)17-15-7-16(8-15,9-15)22-14(20)12-5-3-4-6-13(12)21-11(2)19;1-8(13)12-11-5-10(6-11,7-11)9(2,3)4;1-7(2)11-9-4-10(5-9,6-9)12-8(3)13;1-5(10)9-7-2-6(8,3-7)4-7/h5-8,13-14H,9-12H2,1-4H3,(H,21,22);3-6H,7-9H2,1-2H3,(H,17,18);5-7H2,1-4H3,(H,12,13);11H,1,4-6H2,2-3H3,(H,12,13);2-4,8H2,1H3,(H,9,10). The van der Waals surface area contributed by atoms with Gasteiger partial charge in [-0.05, 0) is 118 Å². The third kappa shape index (κ3) is 12.9. The number of hydrogen-bond acceptors (Lipinski definition) is 13. The first-order valence-electron chi connectivity index (χ1n) is 29.3. The van der Waals surface area contributed by atoms with Crippen molar-refractivity contribution in [3.63, 3.8) is 0 Å². The second-order valence-electron chi connectivity index (χ2n) is 28.9. The molecule has 18 heteroatoms. The summed E-state index contributed by atoms with van der Waals surface area (Å²) in [6.07, 6.45) is 15.0. The molecule has 0 heterocycles. The monoisotopic (exact) mass is 1130 g/mol. The van der Waals surface area contributed by atoms with Crippen molar-refractivity contribution in [2.45, 2.75) is 249 Å². The minimum atomic E-state index is -0.507. The largest absolute Gasteiger partial charge is 0.458 e. The summed E-state index contributed by atoms with van der Waals surface area (Å²) >= 11 is 0. The fraction of sp³-hybridized carbons (Fsp3) is 0.656. The molecule has 1 unspecified atom stereocenters. The van der Waals surface area contributed by atoms with Gasteiger partial charge >= 0.3 is 17.9 Å². The Morgan fingerprint density at radius 2 is 0.902 bits per heavy atom. The SMILES string of the molecule is C=C(C)NC12CC(NC(C)=O)(C1)C2.CC(=O)NC12CC(C(C)(C)C)(C1)C2.CC(=O)NC12CC(N)(C1)C2.CC(=O)NC12CC(OC(=O)C(C)c3ccc(CC(C)C)cc3)(C1)C2.CC(=O)NC12CC(OC(=O)c3ccccc3OC(C)=O)(C1)C2. The van der Waals surface area contributed by atoms with Crippen LogP contribution in [-0.4, -0.2) is 97.4 Å². The molecule has 17 rings (SSSR count). The topological polar surface area (TPSA) is 262 Å². The van der Waals surface area contributed by atoms with Crippen LogP contribution in [0.2, 0.25) is 0 Å². The summed E-state index contributed by atoms with van der Waals surface area (Å²) in [5, 5.41) is 18.3. The van der Waals surface area contributed by atoms with Crippen LogP contribution in [0.5, 0.6) is 5.75 Å². The Morgan fingerprint density at radius 1 is 0.524 bits per heavy atom. The van der Waals surface area contributed by atoms with Crippen molar-refractivity contribution < 1.29 is 52.6 Å². The van der Waals surface area contributed by atoms with Crippen LogP contribution in [0.4, 0.5) is 0 Å². The lowest BCUT2D eigenvalue weighted by molar-refractivity contribution is -0.243. The zero-order valence-corrected chi connectivity index (χ0v) is 50.9. The van der Waals surface area contributed by atoms with Crippen molar-refractivity contribution >= 4 is 47.4 Å². The summed E-state index contributed by atoms with van der Waals surface area (Å²) < 4.78 is 16.4. The van der Waals surface area contributed by atoms with E-state index in [2.05, 4.69) is 85.2 Å². The number of benzene rings is 2. The van der Waals surface area contributed by atoms with E-state index in [0.717, 1.165) is 75.5 Å². The number of hydrogen-bond donors (Lipinski definition) is 7. The summed E-state index contributed by atoms with van der Waals surface area (Å²) in [5.74, 6) is -0.395. The first-order chi connectivity index (χ1) is 37.8. The van der Waals surface area contributed by atoms with Crippen LogP contribution in [0.25, 0.3) is 0 Å². The maximum Gasteiger partial charge on any atom is 0.342 e. The van der Waals surface area contributed by atoms with Gasteiger partial charge in [-0.25, -0.2) is 4.79 Å². The van der Waals surface area contributed by atoms with Crippen LogP contribution in [0, 0.1) is 16.7 Å². The van der Waals surface area contributed by atoms with Crippen LogP contribution < -0.4 is 42.4 Å². The van der Waals surface area contributed by atoms with Crippen molar-refractivity contribution in [1.29, 1.82) is 0 Å². The predicted octanol–water partition coefficient (Wildman–Crippen LogP) is 7.69. The number of carbonyl (C=O) groups is 8. The minimum Gasteiger partial charge on any atom is -0.458 e. The average Bonchev–Trinajstić information content (AvgIpc) is 3.22. The minimum absolute atomic E-state index is 0.00974. The number of nitrogens with two attached hydrogens (primary N) is 1. The Hall–Kier alpha value is -6.30. The summed E-state index contributed by atoms with van der Waals surface area (Å²) in [4.78, 5) is 90.5. The Kier molecular flexibility index (Phi) is 16.1. The molecule has 18 nitrogen and oxygen atoms in total. The molecule has 15 saturated carbocycles. The Morgan fingerprint density at radius 3 is 1.28 bits per heavy atom. The second kappa shape index (κ2) is 21.4. The molecule has 82 heavy (non-hydrogen) atoms. The fourth-order valence-electron chi connectivity index (χ4n) is 15.9. The molecule has 15 aliphatic carbocycles. The molecular weight excluding hydrogens is 1040 g/mol. The van der Waals surface area contributed by atoms with Gasteiger partial charge in [-0.3, -0.25) is 33.6 Å². The molecule has 0 aromatic heterocycles. The van der Waals surface area contributed by atoms with E-state index >= 15 is 0 Å². The Bertz CT molecular complexity index is 2800. The van der Waals surface area contributed by atoms with Gasteiger partial charge in [0, 0.05) is 113 Å². The summed E-state index contributed by atoms with van der Waals surface area (Å²) in [7, 11) is 0. The van der Waals surface area contributed by atoms with E-state index in [1.807, 2.05) is 26.0 Å². The molecule has 2 aromatic rings. The highest BCUT2D eigenvalue weighted by Crippen LogP contribution is 2.74. The van der Waals surface area contributed by atoms with Crippen LogP contribution >= 0.6 is 0 Å². The van der Waals surface area contributed by atoms with Gasteiger partial charge in [0.2, 0.25) is 29.5 Å². The fourth-order valence-corrected chi connectivity index (χ4v) is 15.9. The quantitative estimate of drug-likeness (QED) is 0.0667. The number of ether oxygens (including phenoxy) is 3. The summed E-state index contributed by atoms with van der Waals surface area (Å²) in [6, 6.07) is 14.8. The van der Waals surface area contributed by atoms with Crippen molar-refractivity contribution in [1.82, 2.24) is 31.9 Å². The van der Waals surface area contributed by atoms with Crippen LogP contribution in [0.3, 0.4) is 0 Å². The lowest BCUT2D eigenvalue weighted by atomic mass is 9.33. The van der Waals surface area contributed by atoms with Gasteiger partial charge in [-0.15, -0.1) is 0 Å². The third-order valence-electron chi connectivity index (χ3n) is 18.8. The molecule has 15 fully saturated rings. The van der Waals surface area contributed by atoms with Gasteiger partial charge in [-0.2, -0.15) is 0 Å². The van der Waals surface area contributed by atoms with Crippen molar-refractivity contribution in [3.8, 4) is 5.75 Å². The number of amides is 5. The van der Waals surface area contributed by atoms with Gasteiger partial charge in [-0.1, -0.05) is 77.6 Å². The van der Waals surface area contributed by atoms with Crippen LogP contribution in [-0.2, 0) is 49.5 Å². The van der Waals surface area contributed by atoms with E-state index in [1.165, 1.54) is 45.6 Å². The summed E-state index contributed by atoms with van der Waals surface area (Å²) in [5.41, 5.74) is 10.0. The molecule has 0 spiro atoms. The lowest BCUT2D eigenvalue weighted by Gasteiger charge is -2.75. The average molecular weight is 1130 g/mol. The maximum atomic E-state index is 12.5. The molecule has 448 valence electrons.